The number of nitrogens with zero attached hydrogens (tertiary/aromatic N) is 1. The zero-order valence-electron chi connectivity index (χ0n) is 14.1. The smallest absolute Gasteiger partial charge is 0.140 e. The summed E-state index contributed by atoms with van der Waals surface area (Å²) in [4.78, 5) is 12.6. The third-order valence-corrected chi connectivity index (χ3v) is 8.48. The molecule has 2 nitrogen and oxygen atoms in total. The van der Waals surface area contributed by atoms with Gasteiger partial charge in [-0.05, 0) is 67.6 Å². The van der Waals surface area contributed by atoms with Gasteiger partial charge in [0.05, 0.1) is 12.0 Å². The van der Waals surface area contributed by atoms with Crippen molar-refractivity contribution < 1.29 is 4.79 Å². The van der Waals surface area contributed by atoms with Crippen molar-refractivity contribution in [2.75, 3.05) is 0 Å². The van der Waals surface area contributed by atoms with Crippen LogP contribution in [0.1, 0.15) is 71.6 Å². The highest BCUT2D eigenvalue weighted by Crippen LogP contribution is 2.66. The second-order valence-corrected chi connectivity index (χ2v) is 9.14. The van der Waals surface area contributed by atoms with Gasteiger partial charge in [0.1, 0.15) is 5.78 Å². The molecule has 0 radical (unpaired) electrons. The van der Waals surface area contributed by atoms with E-state index in [4.69, 9.17) is 0 Å². The topological polar surface area (TPSA) is 40.9 Å². The number of ketones is 1. The normalized spacial score (nSPS) is 54.0. The molecule has 0 heterocycles. The van der Waals surface area contributed by atoms with E-state index in [-0.39, 0.29) is 11.3 Å². The van der Waals surface area contributed by atoms with Crippen molar-refractivity contribution >= 4 is 5.78 Å². The molecule has 4 aliphatic rings. The first kappa shape index (κ1) is 14.7. The Morgan fingerprint density at radius 2 is 1.91 bits per heavy atom. The lowest BCUT2D eigenvalue weighted by Gasteiger charge is -2.59. The molecule has 0 saturated heterocycles. The van der Waals surface area contributed by atoms with Crippen LogP contribution in [0.15, 0.2) is 0 Å². The number of fused-ring (bicyclic) bond motifs is 5. The van der Waals surface area contributed by atoms with Gasteiger partial charge in [0.15, 0.2) is 0 Å². The molecule has 0 aromatic carbocycles. The summed E-state index contributed by atoms with van der Waals surface area (Å²) in [7, 11) is 0. The predicted octanol–water partition coefficient (Wildman–Crippen LogP) is 4.74. The summed E-state index contributed by atoms with van der Waals surface area (Å²) < 4.78 is 0. The van der Waals surface area contributed by atoms with Crippen molar-refractivity contribution in [3.8, 4) is 6.07 Å². The summed E-state index contributed by atoms with van der Waals surface area (Å²) >= 11 is 0. The van der Waals surface area contributed by atoms with Gasteiger partial charge in [-0.15, -0.1) is 0 Å². The van der Waals surface area contributed by atoms with Crippen LogP contribution in [0.25, 0.3) is 0 Å². The van der Waals surface area contributed by atoms with Crippen LogP contribution in [-0.2, 0) is 4.79 Å². The maximum absolute atomic E-state index is 12.6. The zero-order chi connectivity index (χ0) is 15.5. The Balaban J connectivity index is 1.71. The molecule has 4 saturated carbocycles. The summed E-state index contributed by atoms with van der Waals surface area (Å²) in [6.45, 7) is 4.73. The molecule has 22 heavy (non-hydrogen) atoms. The Morgan fingerprint density at radius 3 is 2.68 bits per heavy atom. The van der Waals surface area contributed by atoms with E-state index in [2.05, 4.69) is 19.9 Å². The summed E-state index contributed by atoms with van der Waals surface area (Å²) in [5.74, 6) is 3.04. The van der Waals surface area contributed by atoms with Gasteiger partial charge < -0.3 is 0 Å². The highest BCUT2D eigenvalue weighted by atomic mass is 16.1. The molecule has 0 unspecified atom stereocenters. The molecule has 0 spiro atoms. The third kappa shape index (κ3) is 1.75. The van der Waals surface area contributed by atoms with E-state index in [1.54, 1.807) is 0 Å². The molecular weight excluding hydrogens is 270 g/mol. The van der Waals surface area contributed by atoms with E-state index in [1.165, 1.54) is 44.9 Å². The minimum atomic E-state index is -0.181. The van der Waals surface area contributed by atoms with Gasteiger partial charge in [0, 0.05) is 11.8 Å². The molecule has 120 valence electrons. The van der Waals surface area contributed by atoms with Crippen LogP contribution in [0.3, 0.4) is 0 Å². The Bertz CT molecular complexity index is 534. The summed E-state index contributed by atoms with van der Waals surface area (Å²) in [5.41, 5.74) is 0.313. The molecule has 0 amide bonds. The lowest BCUT2D eigenvalue weighted by molar-refractivity contribution is -0.139. The summed E-state index contributed by atoms with van der Waals surface area (Å²) in [6, 6.07) is 2.52. The van der Waals surface area contributed by atoms with Gasteiger partial charge in [-0.3, -0.25) is 4.79 Å². The van der Waals surface area contributed by atoms with E-state index in [9.17, 15) is 10.1 Å². The van der Waals surface area contributed by atoms with Gasteiger partial charge in [-0.2, -0.15) is 5.26 Å². The van der Waals surface area contributed by atoms with Gasteiger partial charge >= 0.3 is 0 Å². The molecule has 0 aromatic rings. The lowest BCUT2D eigenvalue weighted by Crippen LogP contribution is -2.53. The highest BCUT2D eigenvalue weighted by molar-refractivity contribution is 5.88. The van der Waals surface area contributed by atoms with Crippen molar-refractivity contribution in [1.82, 2.24) is 0 Å². The van der Waals surface area contributed by atoms with E-state index in [0.717, 1.165) is 18.3 Å². The largest absolute Gasteiger partial charge is 0.299 e. The van der Waals surface area contributed by atoms with E-state index < -0.39 is 0 Å². The Labute approximate surface area is 134 Å². The second-order valence-electron chi connectivity index (χ2n) is 9.14. The number of nitriles is 1. The number of carbonyl (C=O) groups excluding carboxylic acids is 1. The van der Waals surface area contributed by atoms with E-state index in [0.29, 0.717) is 29.5 Å². The number of Topliss-reactive ketones (excluding diaryl/α,β-unsaturated/α-hetero) is 1. The molecule has 0 aliphatic heterocycles. The Hall–Kier alpha value is -0.840. The minimum Gasteiger partial charge on any atom is -0.299 e. The van der Waals surface area contributed by atoms with Crippen LogP contribution >= 0.6 is 0 Å². The monoisotopic (exact) mass is 299 g/mol. The molecule has 7 atom stereocenters. The molecule has 4 aliphatic carbocycles. The fourth-order valence-electron chi connectivity index (χ4n) is 7.30. The zero-order valence-corrected chi connectivity index (χ0v) is 14.1. The molecular formula is C20H29NO. The number of carbonyl (C=O) groups is 1. The van der Waals surface area contributed by atoms with E-state index >= 15 is 0 Å². The first-order valence-corrected chi connectivity index (χ1v) is 9.43. The lowest BCUT2D eigenvalue weighted by atomic mass is 9.45. The molecule has 0 bridgehead atoms. The standard InChI is InChI=1S/C20H29NO/c1-19-9-4-3-5-14(19)6-7-15-16(19)8-10-20(2)17(22)11-13(12-21)18(15)20/h13-16,18H,3-11H2,1-2H3/t13-,14+,15-,16+,18+,19-,20+/m0/s1. The first-order valence-electron chi connectivity index (χ1n) is 9.43. The van der Waals surface area contributed by atoms with Gasteiger partial charge in [0.25, 0.3) is 0 Å². The average Bonchev–Trinajstić information content (AvgIpc) is 2.78. The molecule has 4 rings (SSSR count). The quantitative estimate of drug-likeness (QED) is 0.648. The maximum Gasteiger partial charge on any atom is 0.140 e. The van der Waals surface area contributed by atoms with Crippen molar-refractivity contribution in [1.29, 1.82) is 5.26 Å². The van der Waals surface area contributed by atoms with Crippen LogP contribution in [-0.4, -0.2) is 5.78 Å². The summed E-state index contributed by atoms with van der Waals surface area (Å²) in [6.07, 6.45) is 11.0. The van der Waals surface area contributed by atoms with E-state index in [1.807, 2.05) is 0 Å². The fraction of sp³-hybridized carbons (Fsp3) is 0.900. The second kappa shape index (κ2) is 4.83. The maximum atomic E-state index is 12.6. The number of rotatable bonds is 0. The Kier molecular flexibility index (Phi) is 3.23. The van der Waals surface area contributed by atoms with Crippen molar-refractivity contribution in [3.05, 3.63) is 0 Å². The molecule has 4 fully saturated rings. The van der Waals surface area contributed by atoms with Crippen LogP contribution in [0.5, 0.6) is 0 Å². The van der Waals surface area contributed by atoms with Crippen LogP contribution in [0.2, 0.25) is 0 Å². The number of hydrogen-bond donors (Lipinski definition) is 0. The van der Waals surface area contributed by atoms with Crippen molar-refractivity contribution in [2.45, 2.75) is 71.6 Å². The predicted molar refractivity (Wildman–Crippen MR) is 85.8 cm³/mol. The van der Waals surface area contributed by atoms with Crippen LogP contribution in [0.4, 0.5) is 0 Å². The highest BCUT2D eigenvalue weighted by Gasteiger charge is 2.62. The van der Waals surface area contributed by atoms with Crippen molar-refractivity contribution in [3.63, 3.8) is 0 Å². The third-order valence-electron chi connectivity index (χ3n) is 8.48. The van der Waals surface area contributed by atoms with Crippen LogP contribution in [0, 0.1) is 51.8 Å². The fourth-order valence-corrected chi connectivity index (χ4v) is 7.30. The Morgan fingerprint density at radius 1 is 1.09 bits per heavy atom. The van der Waals surface area contributed by atoms with Crippen LogP contribution < -0.4 is 0 Å². The van der Waals surface area contributed by atoms with Gasteiger partial charge in [0.2, 0.25) is 0 Å². The van der Waals surface area contributed by atoms with Crippen molar-refractivity contribution in [2.24, 2.45) is 40.4 Å². The summed E-state index contributed by atoms with van der Waals surface area (Å²) in [5, 5.41) is 9.62. The average molecular weight is 299 g/mol. The number of hydrogen-bond acceptors (Lipinski definition) is 2. The van der Waals surface area contributed by atoms with Gasteiger partial charge in [-0.1, -0.05) is 26.7 Å². The SMILES string of the molecule is C[C@]12CCCC[C@@H]1CC[C@@H]1[C@H]3[C@H](C#N)CC(=O)[C@@]3(C)CC[C@H]12. The van der Waals surface area contributed by atoms with Gasteiger partial charge in [-0.25, -0.2) is 0 Å². The molecule has 0 N–H and O–H groups in total. The molecule has 2 heteroatoms. The molecule has 0 aromatic heterocycles. The minimum absolute atomic E-state index is 0.00552. The first-order chi connectivity index (χ1) is 10.5.